The van der Waals surface area contributed by atoms with Crippen molar-refractivity contribution in [3.05, 3.63) is 182 Å². The largest absolute Gasteiger partial charge is 0.456 e. The molecule has 49 heavy (non-hydrogen) atoms. The molecular formula is C48H30O. The summed E-state index contributed by atoms with van der Waals surface area (Å²) in [6, 6.07) is 65.8. The number of rotatable bonds is 4. The van der Waals surface area contributed by atoms with Crippen molar-refractivity contribution in [1.82, 2.24) is 0 Å². The highest BCUT2D eigenvalue weighted by molar-refractivity contribution is 6.24. The van der Waals surface area contributed by atoms with Gasteiger partial charge in [-0.15, -0.1) is 0 Å². The van der Waals surface area contributed by atoms with Crippen LogP contribution in [-0.2, 0) is 0 Å². The first-order valence-corrected chi connectivity index (χ1v) is 16.8. The van der Waals surface area contributed by atoms with Crippen LogP contribution in [-0.4, -0.2) is 0 Å². The van der Waals surface area contributed by atoms with Crippen LogP contribution in [0.15, 0.2) is 186 Å². The van der Waals surface area contributed by atoms with Crippen molar-refractivity contribution in [2.75, 3.05) is 0 Å². The molecule has 10 rings (SSSR count). The van der Waals surface area contributed by atoms with Crippen molar-refractivity contribution in [2.45, 2.75) is 0 Å². The second-order valence-corrected chi connectivity index (χ2v) is 12.8. The molecule has 1 aromatic heterocycles. The van der Waals surface area contributed by atoms with Crippen molar-refractivity contribution >= 4 is 54.3 Å². The van der Waals surface area contributed by atoms with Crippen LogP contribution in [0.4, 0.5) is 0 Å². The van der Waals surface area contributed by atoms with Crippen LogP contribution in [0, 0.1) is 0 Å². The lowest BCUT2D eigenvalue weighted by Gasteiger charge is -2.21. The van der Waals surface area contributed by atoms with Crippen LogP contribution < -0.4 is 0 Å². The first-order chi connectivity index (χ1) is 24.3. The van der Waals surface area contributed by atoms with E-state index in [1.54, 1.807) is 0 Å². The topological polar surface area (TPSA) is 13.1 Å². The monoisotopic (exact) mass is 622 g/mol. The second-order valence-electron chi connectivity index (χ2n) is 12.8. The van der Waals surface area contributed by atoms with Crippen molar-refractivity contribution in [3.8, 4) is 44.5 Å². The first-order valence-electron chi connectivity index (χ1n) is 16.8. The zero-order chi connectivity index (χ0) is 32.3. The maximum Gasteiger partial charge on any atom is 0.136 e. The smallest absolute Gasteiger partial charge is 0.136 e. The lowest BCUT2D eigenvalue weighted by molar-refractivity contribution is 0.669. The van der Waals surface area contributed by atoms with E-state index >= 15 is 0 Å². The standard InChI is InChI=1S/C48H30O/c1-3-13-31(14-4-1)34-24-23-32-25-28-42(46(43(32)29-34)33-15-5-2-6-16-33)48-40-20-9-7-18-38(40)47(39-19-8-10-21-41(39)48)35-26-27-37-36-17-11-12-22-44(36)49-45(37)30-35/h1-30H. The molecule has 0 amide bonds. The summed E-state index contributed by atoms with van der Waals surface area (Å²) in [4.78, 5) is 0. The summed E-state index contributed by atoms with van der Waals surface area (Å²) in [7, 11) is 0. The first kappa shape index (κ1) is 27.7. The molecule has 0 aliphatic carbocycles. The van der Waals surface area contributed by atoms with Gasteiger partial charge in [-0.1, -0.05) is 158 Å². The highest BCUT2D eigenvalue weighted by atomic mass is 16.3. The molecule has 0 aliphatic heterocycles. The van der Waals surface area contributed by atoms with E-state index in [4.69, 9.17) is 4.42 Å². The number of hydrogen-bond donors (Lipinski definition) is 0. The number of hydrogen-bond acceptors (Lipinski definition) is 1. The summed E-state index contributed by atoms with van der Waals surface area (Å²) in [6.07, 6.45) is 0. The Morgan fingerprint density at radius 3 is 1.49 bits per heavy atom. The molecule has 0 N–H and O–H groups in total. The zero-order valence-electron chi connectivity index (χ0n) is 26.7. The highest BCUT2D eigenvalue weighted by Gasteiger charge is 2.21. The second kappa shape index (κ2) is 11.1. The lowest BCUT2D eigenvalue weighted by Crippen LogP contribution is -1.94. The van der Waals surface area contributed by atoms with Crippen LogP contribution in [0.5, 0.6) is 0 Å². The van der Waals surface area contributed by atoms with Gasteiger partial charge in [0.2, 0.25) is 0 Å². The van der Waals surface area contributed by atoms with Crippen LogP contribution >= 0.6 is 0 Å². The summed E-state index contributed by atoms with van der Waals surface area (Å²) in [5.41, 5.74) is 11.6. The van der Waals surface area contributed by atoms with Crippen LogP contribution in [0.25, 0.3) is 98.8 Å². The number of para-hydroxylation sites is 1. The normalized spacial score (nSPS) is 11.7. The van der Waals surface area contributed by atoms with Gasteiger partial charge in [-0.05, 0) is 101 Å². The van der Waals surface area contributed by atoms with Gasteiger partial charge >= 0.3 is 0 Å². The van der Waals surface area contributed by atoms with E-state index in [0.717, 1.165) is 27.5 Å². The van der Waals surface area contributed by atoms with Gasteiger partial charge in [0.15, 0.2) is 0 Å². The van der Waals surface area contributed by atoms with Crippen molar-refractivity contribution < 1.29 is 4.42 Å². The fourth-order valence-corrected chi connectivity index (χ4v) is 7.86. The van der Waals surface area contributed by atoms with Gasteiger partial charge in [0.05, 0.1) is 0 Å². The van der Waals surface area contributed by atoms with Gasteiger partial charge in [-0.3, -0.25) is 0 Å². The maximum atomic E-state index is 6.38. The third kappa shape index (κ3) is 4.40. The minimum absolute atomic E-state index is 0.908. The molecule has 10 aromatic rings. The van der Waals surface area contributed by atoms with Crippen molar-refractivity contribution in [3.63, 3.8) is 0 Å². The van der Waals surface area contributed by atoms with E-state index in [0.29, 0.717) is 0 Å². The molecule has 0 unspecified atom stereocenters. The molecule has 0 spiro atoms. The highest BCUT2D eigenvalue weighted by Crippen LogP contribution is 2.48. The minimum Gasteiger partial charge on any atom is -0.456 e. The lowest BCUT2D eigenvalue weighted by atomic mass is 9.82. The maximum absolute atomic E-state index is 6.38. The van der Waals surface area contributed by atoms with Crippen LogP contribution in [0.3, 0.4) is 0 Å². The van der Waals surface area contributed by atoms with Crippen LogP contribution in [0.2, 0.25) is 0 Å². The van der Waals surface area contributed by atoms with Crippen molar-refractivity contribution in [1.29, 1.82) is 0 Å². The predicted octanol–water partition coefficient (Wildman–Crippen LogP) is 13.7. The molecule has 1 nitrogen and oxygen atoms in total. The van der Waals surface area contributed by atoms with E-state index in [1.807, 2.05) is 12.1 Å². The molecule has 0 saturated carbocycles. The SMILES string of the molecule is c1ccc(-c2ccc3ccc(-c4c5ccccc5c(-c5ccc6c(c5)oc5ccccc56)c5ccccc45)c(-c4ccccc4)c3c2)cc1. The average molecular weight is 623 g/mol. The summed E-state index contributed by atoms with van der Waals surface area (Å²) < 4.78 is 6.38. The molecule has 0 fully saturated rings. The quantitative estimate of drug-likeness (QED) is 0.178. The van der Waals surface area contributed by atoms with Gasteiger partial charge in [0.25, 0.3) is 0 Å². The summed E-state index contributed by atoms with van der Waals surface area (Å²) >= 11 is 0. The number of fused-ring (bicyclic) bond motifs is 6. The summed E-state index contributed by atoms with van der Waals surface area (Å²) in [5, 5.41) is 9.68. The van der Waals surface area contributed by atoms with Gasteiger partial charge in [0, 0.05) is 10.8 Å². The summed E-state index contributed by atoms with van der Waals surface area (Å²) in [5.74, 6) is 0. The van der Waals surface area contributed by atoms with Gasteiger partial charge < -0.3 is 4.42 Å². The number of benzene rings is 9. The Bertz CT molecular complexity index is 2800. The minimum atomic E-state index is 0.908. The van der Waals surface area contributed by atoms with Gasteiger partial charge in [0.1, 0.15) is 11.2 Å². The Labute approximate surface area is 284 Å². The Kier molecular flexibility index (Phi) is 6.25. The molecule has 9 aromatic carbocycles. The third-order valence-corrected chi connectivity index (χ3v) is 10.1. The Balaban J connectivity index is 1.30. The van der Waals surface area contributed by atoms with Gasteiger partial charge in [-0.25, -0.2) is 0 Å². The molecule has 0 saturated heterocycles. The molecule has 1 heteroatoms. The van der Waals surface area contributed by atoms with E-state index in [9.17, 15) is 0 Å². The Morgan fingerprint density at radius 2 is 0.796 bits per heavy atom. The molecule has 0 radical (unpaired) electrons. The van der Waals surface area contributed by atoms with Crippen LogP contribution in [0.1, 0.15) is 0 Å². The molecule has 1 heterocycles. The fraction of sp³-hybridized carbons (Fsp3) is 0. The molecule has 0 atom stereocenters. The molecular weight excluding hydrogens is 593 g/mol. The molecule has 228 valence electrons. The average Bonchev–Trinajstić information content (AvgIpc) is 3.55. The third-order valence-electron chi connectivity index (χ3n) is 10.1. The number of furan rings is 1. The summed E-state index contributed by atoms with van der Waals surface area (Å²) in [6.45, 7) is 0. The predicted molar refractivity (Wildman–Crippen MR) is 208 cm³/mol. The fourth-order valence-electron chi connectivity index (χ4n) is 7.86. The molecule has 0 bridgehead atoms. The van der Waals surface area contributed by atoms with Gasteiger partial charge in [-0.2, -0.15) is 0 Å². The van der Waals surface area contributed by atoms with E-state index in [1.165, 1.54) is 71.3 Å². The zero-order valence-corrected chi connectivity index (χ0v) is 26.7. The molecule has 0 aliphatic rings. The van der Waals surface area contributed by atoms with E-state index in [-0.39, 0.29) is 0 Å². The Hall–Kier alpha value is -6.44. The Morgan fingerprint density at radius 1 is 0.265 bits per heavy atom. The van der Waals surface area contributed by atoms with E-state index in [2.05, 4.69) is 170 Å². The van der Waals surface area contributed by atoms with E-state index < -0.39 is 0 Å². The van der Waals surface area contributed by atoms with Crippen molar-refractivity contribution in [2.24, 2.45) is 0 Å².